The summed E-state index contributed by atoms with van der Waals surface area (Å²) in [6.45, 7) is 2.72. The van der Waals surface area contributed by atoms with Crippen molar-refractivity contribution in [1.82, 2.24) is 5.32 Å². The molecule has 17 heavy (non-hydrogen) atoms. The minimum atomic E-state index is -0.100. The summed E-state index contributed by atoms with van der Waals surface area (Å²) in [5.41, 5.74) is 0.613. The van der Waals surface area contributed by atoms with Gasteiger partial charge in [0.05, 0.1) is 0 Å². The quantitative estimate of drug-likeness (QED) is 0.843. The van der Waals surface area contributed by atoms with E-state index in [1.165, 1.54) is 0 Å². The first-order valence-corrected chi connectivity index (χ1v) is 6.96. The molecular weight excluding hydrogens is 350 g/mol. The van der Waals surface area contributed by atoms with Gasteiger partial charge in [-0.15, -0.1) is 0 Å². The number of benzene rings is 1. The molecule has 0 spiro atoms. The molecule has 1 unspecified atom stereocenters. The highest BCUT2D eigenvalue weighted by molar-refractivity contribution is 9.11. The first-order valence-electron chi connectivity index (χ1n) is 5.38. The number of carbonyl (C=O) groups is 1. The summed E-state index contributed by atoms with van der Waals surface area (Å²) >= 11 is 6.69. The molecule has 5 heteroatoms. The van der Waals surface area contributed by atoms with Crippen LogP contribution < -0.4 is 5.32 Å². The number of rotatable bonds is 5. The number of halogens is 2. The lowest BCUT2D eigenvalue weighted by molar-refractivity contribution is 0.0945. The Kier molecular flexibility index (Phi) is 6.16. The van der Waals surface area contributed by atoms with Gasteiger partial charge in [-0.25, -0.2) is 0 Å². The Bertz CT molecular complexity index is 376. The first-order chi connectivity index (χ1) is 8.02. The zero-order chi connectivity index (χ0) is 12.8. The Morgan fingerprint density at radius 2 is 1.94 bits per heavy atom. The van der Waals surface area contributed by atoms with Crippen molar-refractivity contribution in [3.63, 3.8) is 0 Å². The predicted molar refractivity (Wildman–Crippen MR) is 75.0 cm³/mol. The monoisotopic (exact) mass is 363 g/mol. The molecule has 0 aromatic heterocycles. The largest absolute Gasteiger partial charge is 0.396 e. The molecule has 1 atom stereocenters. The van der Waals surface area contributed by atoms with Crippen LogP contribution >= 0.6 is 31.9 Å². The minimum absolute atomic E-state index is 0.100. The lowest BCUT2D eigenvalue weighted by atomic mass is 10.1. The summed E-state index contributed by atoms with van der Waals surface area (Å²) in [5.74, 6) is 0.177. The summed E-state index contributed by atoms with van der Waals surface area (Å²) in [6, 6.07) is 5.43. The Labute approximate surface area is 118 Å². The predicted octanol–water partition coefficient (Wildman–Crippen LogP) is 2.96. The molecule has 0 saturated heterocycles. The van der Waals surface area contributed by atoms with Gasteiger partial charge >= 0.3 is 0 Å². The highest BCUT2D eigenvalue weighted by atomic mass is 79.9. The molecule has 3 nitrogen and oxygen atoms in total. The summed E-state index contributed by atoms with van der Waals surface area (Å²) in [5, 5.41) is 11.6. The number of aliphatic hydroxyl groups is 1. The van der Waals surface area contributed by atoms with Crippen molar-refractivity contribution in [2.45, 2.75) is 13.3 Å². The van der Waals surface area contributed by atoms with Crippen molar-refractivity contribution in [3.05, 3.63) is 32.7 Å². The fourth-order valence-corrected chi connectivity index (χ4v) is 2.67. The van der Waals surface area contributed by atoms with Crippen molar-refractivity contribution in [3.8, 4) is 0 Å². The van der Waals surface area contributed by atoms with Gasteiger partial charge in [-0.05, 0) is 30.5 Å². The van der Waals surface area contributed by atoms with Gasteiger partial charge in [-0.3, -0.25) is 4.79 Å². The van der Waals surface area contributed by atoms with Crippen LogP contribution in [0.3, 0.4) is 0 Å². The fourth-order valence-electron chi connectivity index (χ4n) is 1.38. The van der Waals surface area contributed by atoms with Crippen LogP contribution in [0.1, 0.15) is 23.7 Å². The highest BCUT2D eigenvalue weighted by Crippen LogP contribution is 2.20. The van der Waals surface area contributed by atoms with Crippen LogP contribution in [0.25, 0.3) is 0 Å². The van der Waals surface area contributed by atoms with Crippen molar-refractivity contribution in [2.75, 3.05) is 13.2 Å². The van der Waals surface area contributed by atoms with Gasteiger partial charge in [0.15, 0.2) is 0 Å². The standard InChI is InChI=1S/C12H15Br2NO2/c1-8(2-3-16)7-15-12(17)9-4-10(13)6-11(14)5-9/h4-6,8,16H,2-3,7H2,1H3,(H,15,17). The number of nitrogens with one attached hydrogen (secondary N) is 1. The maximum absolute atomic E-state index is 11.8. The zero-order valence-corrected chi connectivity index (χ0v) is 12.7. The van der Waals surface area contributed by atoms with E-state index in [2.05, 4.69) is 37.2 Å². The molecule has 0 radical (unpaired) electrons. The molecule has 0 saturated carbocycles. The van der Waals surface area contributed by atoms with Crippen LogP contribution in [-0.2, 0) is 0 Å². The second-order valence-electron chi connectivity index (χ2n) is 3.99. The molecule has 0 heterocycles. The molecule has 0 aliphatic heterocycles. The normalized spacial score (nSPS) is 12.2. The van der Waals surface area contributed by atoms with Crippen LogP contribution in [0.5, 0.6) is 0 Å². The lowest BCUT2D eigenvalue weighted by Gasteiger charge is -2.11. The average Bonchev–Trinajstić information content (AvgIpc) is 2.25. The van der Waals surface area contributed by atoms with E-state index in [9.17, 15) is 4.79 Å². The number of hydrogen-bond donors (Lipinski definition) is 2. The van der Waals surface area contributed by atoms with Crippen molar-refractivity contribution in [2.24, 2.45) is 5.92 Å². The van der Waals surface area contributed by atoms with E-state index in [1.807, 2.05) is 13.0 Å². The summed E-state index contributed by atoms with van der Waals surface area (Å²) in [6.07, 6.45) is 0.697. The molecule has 94 valence electrons. The molecule has 0 bridgehead atoms. The molecule has 2 N–H and O–H groups in total. The maximum Gasteiger partial charge on any atom is 0.251 e. The van der Waals surface area contributed by atoms with Gasteiger partial charge in [0.1, 0.15) is 0 Å². The zero-order valence-electron chi connectivity index (χ0n) is 9.54. The third-order valence-corrected chi connectivity index (χ3v) is 3.27. The maximum atomic E-state index is 11.8. The van der Waals surface area contributed by atoms with Crippen molar-refractivity contribution < 1.29 is 9.90 Å². The van der Waals surface area contributed by atoms with Crippen LogP contribution in [0.4, 0.5) is 0 Å². The molecule has 1 rings (SSSR count). The second-order valence-corrected chi connectivity index (χ2v) is 5.82. The first kappa shape index (κ1) is 14.7. The Morgan fingerprint density at radius 3 is 2.47 bits per heavy atom. The van der Waals surface area contributed by atoms with E-state index in [1.54, 1.807) is 12.1 Å². The van der Waals surface area contributed by atoms with Gasteiger partial charge < -0.3 is 10.4 Å². The van der Waals surface area contributed by atoms with Crippen LogP contribution in [0, 0.1) is 5.92 Å². The summed E-state index contributed by atoms with van der Waals surface area (Å²) in [7, 11) is 0. The molecule has 0 aliphatic rings. The van der Waals surface area contributed by atoms with E-state index in [-0.39, 0.29) is 18.4 Å². The molecule has 1 amide bonds. The van der Waals surface area contributed by atoms with E-state index in [4.69, 9.17) is 5.11 Å². The number of hydrogen-bond acceptors (Lipinski definition) is 2. The van der Waals surface area contributed by atoms with Crippen LogP contribution in [0.2, 0.25) is 0 Å². The van der Waals surface area contributed by atoms with E-state index < -0.39 is 0 Å². The van der Waals surface area contributed by atoms with Gasteiger partial charge in [0.25, 0.3) is 5.91 Å². The molecule has 1 aromatic rings. The van der Waals surface area contributed by atoms with Crippen LogP contribution in [-0.4, -0.2) is 24.2 Å². The molecule has 1 aromatic carbocycles. The highest BCUT2D eigenvalue weighted by Gasteiger charge is 2.09. The van der Waals surface area contributed by atoms with Crippen molar-refractivity contribution in [1.29, 1.82) is 0 Å². The number of aliphatic hydroxyl groups excluding tert-OH is 1. The third-order valence-electron chi connectivity index (χ3n) is 2.36. The molecule has 0 aliphatic carbocycles. The SMILES string of the molecule is CC(CCO)CNC(=O)c1cc(Br)cc(Br)c1. The van der Waals surface area contributed by atoms with Crippen molar-refractivity contribution >= 4 is 37.8 Å². The minimum Gasteiger partial charge on any atom is -0.396 e. The van der Waals surface area contributed by atoms with Gasteiger partial charge in [0, 0.05) is 27.7 Å². The number of amides is 1. The van der Waals surface area contributed by atoms with E-state index >= 15 is 0 Å². The van der Waals surface area contributed by atoms with E-state index in [0.717, 1.165) is 8.95 Å². The van der Waals surface area contributed by atoms with Gasteiger partial charge in [-0.2, -0.15) is 0 Å². The lowest BCUT2D eigenvalue weighted by Crippen LogP contribution is -2.28. The van der Waals surface area contributed by atoms with Crippen LogP contribution in [0.15, 0.2) is 27.1 Å². The summed E-state index contributed by atoms with van der Waals surface area (Å²) < 4.78 is 1.72. The Hall–Kier alpha value is -0.390. The smallest absolute Gasteiger partial charge is 0.251 e. The average molecular weight is 365 g/mol. The molecule has 0 fully saturated rings. The number of carbonyl (C=O) groups excluding carboxylic acids is 1. The van der Waals surface area contributed by atoms with Gasteiger partial charge in [-0.1, -0.05) is 38.8 Å². The second kappa shape index (κ2) is 7.13. The summed E-state index contributed by atoms with van der Waals surface area (Å²) in [4.78, 5) is 11.8. The molecular formula is C12H15Br2NO2. The Morgan fingerprint density at radius 1 is 1.35 bits per heavy atom. The van der Waals surface area contributed by atoms with E-state index in [0.29, 0.717) is 18.5 Å². The van der Waals surface area contributed by atoms with Gasteiger partial charge in [0.2, 0.25) is 0 Å². The topological polar surface area (TPSA) is 49.3 Å². The fraction of sp³-hybridized carbons (Fsp3) is 0.417. The Balaban J connectivity index is 2.58. The third kappa shape index (κ3) is 5.19.